The van der Waals surface area contributed by atoms with Crippen LogP contribution in [-0.4, -0.2) is 20.7 Å². The summed E-state index contributed by atoms with van der Waals surface area (Å²) in [4.78, 5) is 7.83. The molecule has 2 heterocycles. The number of pyridine rings is 1. The molecule has 2 N–H and O–H groups in total. The number of aromatic nitrogens is 3. The van der Waals surface area contributed by atoms with Gasteiger partial charge in [0.25, 0.3) is 0 Å². The van der Waals surface area contributed by atoms with Crippen molar-refractivity contribution < 1.29 is 13.2 Å². The summed E-state index contributed by atoms with van der Waals surface area (Å²) in [7, 11) is 0. The maximum atomic E-state index is 12.4. The van der Waals surface area contributed by atoms with Gasteiger partial charge in [-0.1, -0.05) is 0 Å². The standard InChI is InChI=1S/C12H13F3N4/c1-8(5-12(13,14)15)19-7-17-6-10(19)9-3-2-4-18-11(9)16/h2-4,6-8H,5H2,1H3,(H2,16,18). The molecule has 2 aromatic rings. The summed E-state index contributed by atoms with van der Waals surface area (Å²) in [5, 5.41) is 0. The lowest BCUT2D eigenvalue weighted by Gasteiger charge is -2.18. The smallest absolute Gasteiger partial charge is 0.383 e. The first kappa shape index (κ1) is 13.4. The molecule has 0 saturated heterocycles. The summed E-state index contributed by atoms with van der Waals surface area (Å²) in [5.74, 6) is 0.267. The minimum atomic E-state index is -4.22. The summed E-state index contributed by atoms with van der Waals surface area (Å²) in [6, 6.07) is 2.63. The maximum Gasteiger partial charge on any atom is 0.391 e. The molecule has 0 aromatic carbocycles. The molecule has 0 aliphatic carbocycles. The number of nitrogens with two attached hydrogens (primary N) is 1. The van der Waals surface area contributed by atoms with Gasteiger partial charge in [0, 0.05) is 17.8 Å². The van der Waals surface area contributed by atoms with E-state index in [4.69, 9.17) is 5.73 Å². The molecule has 7 heteroatoms. The van der Waals surface area contributed by atoms with Gasteiger partial charge in [0.05, 0.1) is 24.6 Å². The summed E-state index contributed by atoms with van der Waals surface area (Å²) >= 11 is 0. The summed E-state index contributed by atoms with van der Waals surface area (Å²) < 4.78 is 38.8. The highest BCUT2D eigenvalue weighted by molar-refractivity contribution is 5.70. The Morgan fingerprint density at radius 3 is 2.79 bits per heavy atom. The van der Waals surface area contributed by atoms with Crippen LogP contribution in [0.2, 0.25) is 0 Å². The van der Waals surface area contributed by atoms with Crippen LogP contribution in [0.4, 0.5) is 19.0 Å². The molecule has 2 rings (SSSR count). The Labute approximate surface area is 108 Å². The van der Waals surface area contributed by atoms with Crippen LogP contribution in [0.25, 0.3) is 11.3 Å². The highest BCUT2D eigenvalue weighted by atomic mass is 19.4. The van der Waals surface area contributed by atoms with Crippen LogP contribution in [0.15, 0.2) is 30.9 Å². The van der Waals surface area contributed by atoms with Crippen LogP contribution in [0.3, 0.4) is 0 Å². The van der Waals surface area contributed by atoms with Crippen molar-refractivity contribution >= 4 is 5.82 Å². The number of hydrogen-bond donors (Lipinski definition) is 1. The van der Waals surface area contributed by atoms with E-state index in [-0.39, 0.29) is 5.82 Å². The summed E-state index contributed by atoms with van der Waals surface area (Å²) in [6.45, 7) is 1.49. The third kappa shape index (κ3) is 3.04. The molecule has 1 unspecified atom stereocenters. The van der Waals surface area contributed by atoms with E-state index in [1.54, 1.807) is 12.1 Å². The lowest BCUT2D eigenvalue weighted by atomic mass is 10.1. The Balaban J connectivity index is 2.35. The molecule has 0 aliphatic rings. The second-order valence-corrected chi connectivity index (χ2v) is 4.29. The minimum Gasteiger partial charge on any atom is -0.383 e. The van der Waals surface area contributed by atoms with Gasteiger partial charge < -0.3 is 10.3 Å². The van der Waals surface area contributed by atoms with Crippen molar-refractivity contribution in [2.75, 3.05) is 5.73 Å². The Hall–Kier alpha value is -2.05. The molecule has 0 bridgehead atoms. The fourth-order valence-electron chi connectivity index (χ4n) is 1.93. The minimum absolute atomic E-state index is 0.267. The number of anilines is 1. The van der Waals surface area contributed by atoms with E-state index < -0.39 is 18.6 Å². The van der Waals surface area contributed by atoms with E-state index in [0.29, 0.717) is 11.3 Å². The van der Waals surface area contributed by atoms with Crippen LogP contribution < -0.4 is 5.73 Å². The predicted octanol–water partition coefficient (Wildman–Crippen LogP) is 3.04. The zero-order valence-corrected chi connectivity index (χ0v) is 10.2. The van der Waals surface area contributed by atoms with Gasteiger partial charge in [0.2, 0.25) is 0 Å². The third-order valence-corrected chi connectivity index (χ3v) is 2.78. The van der Waals surface area contributed by atoms with E-state index in [9.17, 15) is 13.2 Å². The molecule has 4 nitrogen and oxygen atoms in total. The second-order valence-electron chi connectivity index (χ2n) is 4.29. The number of halogens is 3. The van der Waals surface area contributed by atoms with E-state index in [2.05, 4.69) is 9.97 Å². The lowest BCUT2D eigenvalue weighted by Crippen LogP contribution is -2.16. The highest BCUT2D eigenvalue weighted by Gasteiger charge is 2.31. The van der Waals surface area contributed by atoms with Gasteiger partial charge >= 0.3 is 6.18 Å². The third-order valence-electron chi connectivity index (χ3n) is 2.78. The van der Waals surface area contributed by atoms with Crippen LogP contribution in [0.5, 0.6) is 0 Å². The Kier molecular flexibility index (Phi) is 3.46. The predicted molar refractivity (Wildman–Crippen MR) is 65.3 cm³/mol. The van der Waals surface area contributed by atoms with E-state index in [1.807, 2.05) is 0 Å². The zero-order valence-electron chi connectivity index (χ0n) is 10.2. The number of rotatable bonds is 3. The van der Waals surface area contributed by atoms with Crippen molar-refractivity contribution in [3.8, 4) is 11.3 Å². The normalized spacial score (nSPS) is 13.5. The number of nitrogens with zero attached hydrogens (tertiary/aromatic N) is 3. The van der Waals surface area contributed by atoms with Crippen molar-refractivity contribution in [2.45, 2.75) is 25.6 Å². The van der Waals surface area contributed by atoms with Gasteiger partial charge in [-0.05, 0) is 19.1 Å². The van der Waals surface area contributed by atoms with Crippen LogP contribution in [0.1, 0.15) is 19.4 Å². The van der Waals surface area contributed by atoms with Crippen LogP contribution >= 0.6 is 0 Å². The molecule has 102 valence electrons. The average molecular weight is 270 g/mol. The van der Waals surface area contributed by atoms with Crippen molar-refractivity contribution in [1.29, 1.82) is 0 Å². The molecule has 19 heavy (non-hydrogen) atoms. The first-order chi connectivity index (χ1) is 8.88. The van der Waals surface area contributed by atoms with Crippen LogP contribution in [0, 0.1) is 0 Å². The quantitative estimate of drug-likeness (QED) is 0.932. The van der Waals surface area contributed by atoms with Crippen molar-refractivity contribution in [3.63, 3.8) is 0 Å². The summed E-state index contributed by atoms with van der Waals surface area (Å²) in [6.07, 6.45) is -0.755. The van der Waals surface area contributed by atoms with Crippen molar-refractivity contribution in [1.82, 2.24) is 14.5 Å². The fourth-order valence-corrected chi connectivity index (χ4v) is 1.93. The number of alkyl halides is 3. The molecular formula is C12H13F3N4. The first-order valence-electron chi connectivity index (χ1n) is 5.68. The second kappa shape index (κ2) is 4.91. The van der Waals surface area contributed by atoms with Gasteiger partial charge in [0.15, 0.2) is 0 Å². The molecule has 0 fully saturated rings. The SMILES string of the molecule is CC(CC(F)(F)F)n1cncc1-c1cccnc1N. The van der Waals surface area contributed by atoms with Gasteiger partial charge in [0.1, 0.15) is 5.82 Å². The summed E-state index contributed by atoms with van der Waals surface area (Å²) in [5.41, 5.74) is 6.84. The highest BCUT2D eigenvalue weighted by Crippen LogP contribution is 2.31. The largest absolute Gasteiger partial charge is 0.391 e. The molecular weight excluding hydrogens is 257 g/mol. The molecule has 0 radical (unpaired) electrons. The van der Waals surface area contributed by atoms with Gasteiger partial charge in [-0.15, -0.1) is 0 Å². The fraction of sp³-hybridized carbons (Fsp3) is 0.333. The van der Waals surface area contributed by atoms with Crippen molar-refractivity contribution in [3.05, 3.63) is 30.9 Å². The van der Waals surface area contributed by atoms with E-state index in [1.165, 1.54) is 30.2 Å². The molecule has 0 saturated carbocycles. The first-order valence-corrected chi connectivity index (χ1v) is 5.68. The zero-order chi connectivity index (χ0) is 14.0. The molecule has 0 amide bonds. The Bertz CT molecular complexity index is 562. The van der Waals surface area contributed by atoms with Crippen LogP contribution in [-0.2, 0) is 0 Å². The Morgan fingerprint density at radius 1 is 1.42 bits per heavy atom. The lowest BCUT2D eigenvalue weighted by molar-refractivity contribution is -0.141. The van der Waals surface area contributed by atoms with Gasteiger partial charge in [-0.3, -0.25) is 0 Å². The van der Waals surface area contributed by atoms with Gasteiger partial charge in [-0.2, -0.15) is 13.2 Å². The molecule has 1 atom stereocenters. The van der Waals surface area contributed by atoms with Gasteiger partial charge in [-0.25, -0.2) is 9.97 Å². The maximum absolute atomic E-state index is 12.4. The van der Waals surface area contributed by atoms with E-state index in [0.717, 1.165) is 0 Å². The average Bonchev–Trinajstić information content (AvgIpc) is 2.76. The monoisotopic (exact) mass is 270 g/mol. The molecule has 0 spiro atoms. The molecule has 2 aromatic heterocycles. The van der Waals surface area contributed by atoms with E-state index >= 15 is 0 Å². The topological polar surface area (TPSA) is 56.7 Å². The molecule has 0 aliphatic heterocycles. The number of hydrogen-bond acceptors (Lipinski definition) is 3. The van der Waals surface area contributed by atoms with Crippen molar-refractivity contribution in [2.24, 2.45) is 0 Å². The Morgan fingerprint density at radius 2 is 2.16 bits per heavy atom. The number of imidazole rings is 1. The number of nitrogen functional groups attached to an aromatic ring is 1.